The molecule has 0 saturated heterocycles. The van der Waals surface area contributed by atoms with E-state index in [-0.39, 0.29) is 12.5 Å². The molecule has 0 fully saturated rings. The Bertz CT molecular complexity index is 1000. The minimum atomic E-state index is -0.0525. The Hall–Kier alpha value is -3.82. The summed E-state index contributed by atoms with van der Waals surface area (Å²) in [7, 11) is 0. The van der Waals surface area contributed by atoms with E-state index >= 15 is 0 Å². The third-order valence-corrected chi connectivity index (χ3v) is 4.21. The monoisotopic (exact) mass is 438 g/mol. The molecule has 2 aromatic heterocycles. The number of amides is 1. The lowest BCUT2D eigenvalue weighted by molar-refractivity contribution is -0.116. The van der Waals surface area contributed by atoms with Gasteiger partial charge in [0.25, 0.3) is 0 Å². The maximum absolute atomic E-state index is 12.0. The number of nitrogens with zero attached hydrogens (tertiary/aromatic N) is 6. The number of hydrogen-bond acceptors (Lipinski definition) is 8. The van der Waals surface area contributed by atoms with E-state index in [2.05, 4.69) is 44.5 Å². The van der Waals surface area contributed by atoms with Gasteiger partial charge in [0.05, 0.1) is 5.69 Å². The summed E-state index contributed by atoms with van der Waals surface area (Å²) in [5.74, 6) is 1.28. The summed E-state index contributed by atoms with van der Waals surface area (Å²) in [4.78, 5) is 21.9. The lowest BCUT2D eigenvalue weighted by Gasteiger charge is -2.08. The average Bonchev–Trinajstić information content (AvgIpc) is 3.17. The molecule has 2 heterocycles. The molecular weight excluding hydrogens is 408 g/mol. The number of oxime groups is 1. The summed E-state index contributed by atoms with van der Waals surface area (Å²) in [6.07, 6.45) is 8.65. The van der Waals surface area contributed by atoms with Crippen LogP contribution in [0.2, 0.25) is 0 Å². The number of nitrogens with one attached hydrogen (secondary N) is 1. The highest BCUT2D eigenvalue weighted by molar-refractivity contribution is 6.01. The third kappa shape index (κ3) is 8.13. The van der Waals surface area contributed by atoms with Gasteiger partial charge in [-0.2, -0.15) is 4.68 Å². The van der Waals surface area contributed by atoms with Gasteiger partial charge in [-0.1, -0.05) is 49.7 Å². The topological polar surface area (TPSA) is 133 Å². The molecular formula is C22H30N8O2. The first-order valence-corrected chi connectivity index (χ1v) is 10.4. The number of allylic oxidation sites excluding steroid dienone is 5. The number of anilines is 1. The predicted molar refractivity (Wildman–Crippen MR) is 123 cm³/mol. The number of tetrazole rings is 1. The maximum Gasteiger partial charge on any atom is 0.225 e. The largest absolute Gasteiger partial charge is 0.402 e. The molecule has 0 spiro atoms. The molecule has 0 atom stereocenters. The van der Waals surface area contributed by atoms with Crippen LogP contribution in [0.3, 0.4) is 0 Å². The van der Waals surface area contributed by atoms with Gasteiger partial charge in [-0.05, 0) is 48.9 Å². The van der Waals surface area contributed by atoms with Crippen LogP contribution in [0.1, 0.15) is 51.0 Å². The summed E-state index contributed by atoms with van der Waals surface area (Å²) >= 11 is 0. The second-order valence-electron chi connectivity index (χ2n) is 7.14. The molecule has 10 nitrogen and oxygen atoms in total. The first-order valence-electron chi connectivity index (χ1n) is 10.4. The van der Waals surface area contributed by atoms with Gasteiger partial charge in [-0.25, -0.2) is 4.98 Å². The van der Waals surface area contributed by atoms with Crippen LogP contribution >= 0.6 is 0 Å². The zero-order valence-electron chi connectivity index (χ0n) is 18.8. The number of rotatable bonds is 11. The molecule has 2 aromatic rings. The van der Waals surface area contributed by atoms with Crippen molar-refractivity contribution < 1.29 is 9.63 Å². The van der Waals surface area contributed by atoms with Crippen LogP contribution in [0.25, 0.3) is 0 Å². The molecule has 3 N–H and O–H groups in total. The fourth-order valence-electron chi connectivity index (χ4n) is 2.58. The van der Waals surface area contributed by atoms with Crippen molar-refractivity contribution in [3.63, 3.8) is 0 Å². The SMILES string of the molecule is C=C(/C=C\C=C(\C)N)/C(=N\OCc1cccc(NC(=O)CCCCC)n1)n1nnnc1C. The van der Waals surface area contributed by atoms with Crippen LogP contribution in [-0.2, 0) is 16.2 Å². The molecule has 10 heteroatoms. The van der Waals surface area contributed by atoms with E-state index in [0.717, 1.165) is 19.3 Å². The van der Waals surface area contributed by atoms with Gasteiger partial charge in [-0.15, -0.1) is 5.10 Å². The Kier molecular flexibility index (Phi) is 9.76. The zero-order valence-corrected chi connectivity index (χ0v) is 18.8. The fourth-order valence-corrected chi connectivity index (χ4v) is 2.58. The van der Waals surface area contributed by atoms with Gasteiger partial charge in [0, 0.05) is 17.7 Å². The minimum absolute atomic E-state index is 0.0525. The molecule has 170 valence electrons. The van der Waals surface area contributed by atoms with E-state index < -0.39 is 0 Å². The predicted octanol–water partition coefficient (Wildman–Crippen LogP) is 3.25. The van der Waals surface area contributed by atoms with Gasteiger partial charge >= 0.3 is 0 Å². The van der Waals surface area contributed by atoms with E-state index in [1.165, 1.54) is 4.68 Å². The summed E-state index contributed by atoms with van der Waals surface area (Å²) in [5.41, 5.74) is 7.44. The summed E-state index contributed by atoms with van der Waals surface area (Å²) in [6, 6.07) is 5.32. The van der Waals surface area contributed by atoms with E-state index in [1.807, 2.05) is 0 Å². The second kappa shape index (κ2) is 12.8. The quantitative estimate of drug-likeness (QED) is 0.181. The molecule has 0 aliphatic rings. The Balaban J connectivity index is 2.07. The van der Waals surface area contributed by atoms with Crippen LogP contribution in [-0.4, -0.2) is 36.9 Å². The van der Waals surface area contributed by atoms with Crippen LogP contribution in [0.4, 0.5) is 5.82 Å². The molecule has 0 aromatic carbocycles. The first-order chi connectivity index (χ1) is 15.4. The van der Waals surface area contributed by atoms with E-state index in [4.69, 9.17) is 10.6 Å². The Morgan fingerprint density at radius 2 is 2.19 bits per heavy atom. The van der Waals surface area contributed by atoms with E-state index in [9.17, 15) is 4.79 Å². The molecule has 0 saturated carbocycles. The summed E-state index contributed by atoms with van der Waals surface area (Å²) in [6.45, 7) is 9.71. The number of aromatic nitrogens is 5. The van der Waals surface area contributed by atoms with Crippen molar-refractivity contribution in [3.8, 4) is 0 Å². The van der Waals surface area contributed by atoms with Gasteiger partial charge in [0.15, 0.2) is 12.4 Å². The van der Waals surface area contributed by atoms with E-state index in [0.29, 0.717) is 40.9 Å². The number of pyridine rings is 1. The number of carbonyl (C=O) groups is 1. The lowest BCUT2D eigenvalue weighted by Crippen LogP contribution is -2.17. The Labute approximate surface area is 187 Å². The lowest BCUT2D eigenvalue weighted by atomic mass is 10.2. The molecule has 1 amide bonds. The van der Waals surface area contributed by atoms with Crippen molar-refractivity contribution in [3.05, 3.63) is 65.8 Å². The zero-order chi connectivity index (χ0) is 23.3. The normalized spacial score (nSPS) is 12.2. The first kappa shape index (κ1) is 24.4. The number of hydrogen-bond donors (Lipinski definition) is 2. The molecule has 0 bridgehead atoms. The Morgan fingerprint density at radius 3 is 2.88 bits per heavy atom. The maximum atomic E-state index is 12.0. The highest BCUT2D eigenvalue weighted by atomic mass is 16.6. The molecule has 2 rings (SSSR count). The van der Waals surface area contributed by atoms with Crippen LogP contribution < -0.4 is 11.1 Å². The highest BCUT2D eigenvalue weighted by Gasteiger charge is 2.12. The van der Waals surface area contributed by atoms with Crippen LogP contribution in [0, 0.1) is 6.92 Å². The van der Waals surface area contributed by atoms with Gasteiger partial charge in [-0.3, -0.25) is 4.79 Å². The van der Waals surface area contributed by atoms with Crippen molar-refractivity contribution in [1.82, 2.24) is 25.2 Å². The van der Waals surface area contributed by atoms with Gasteiger partial charge in [0.1, 0.15) is 5.82 Å². The van der Waals surface area contributed by atoms with Gasteiger partial charge < -0.3 is 15.9 Å². The van der Waals surface area contributed by atoms with Crippen molar-refractivity contribution in [1.29, 1.82) is 0 Å². The molecule has 0 unspecified atom stereocenters. The Morgan fingerprint density at radius 1 is 1.38 bits per heavy atom. The van der Waals surface area contributed by atoms with Crippen molar-refractivity contribution in [2.75, 3.05) is 5.32 Å². The van der Waals surface area contributed by atoms with Crippen molar-refractivity contribution in [2.45, 2.75) is 53.1 Å². The van der Waals surface area contributed by atoms with Crippen LogP contribution in [0.5, 0.6) is 0 Å². The molecule has 32 heavy (non-hydrogen) atoms. The van der Waals surface area contributed by atoms with Crippen molar-refractivity contribution >= 4 is 17.6 Å². The highest BCUT2D eigenvalue weighted by Crippen LogP contribution is 2.09. The number of unbranched alkanes of at least 4 members (excludes halogenated alkanes) is 2. The summed E-state index contributed by atoms with van der Waals surface area (Å²) < 4.78 is 1.42. The smallest absolute Gasteiger partial charge is 0.225 e. The minimum Gasteiger partial charge on any atom is -0.402 e. The number of carbonyl (C=O) groups excluding carboxylic acids is 1. The second-order valence-corrected chi connectivity index (χ2v) is 7.14. The fraction of sp³-hybridized carbons (Fsp3) is 0.364. The molecule has 0 aliphatic heterocycles. The number of nitrogens with two attached hydrogens (primary N) is 1. The van der Waals surface area contributed by atoms with Crippen LogP contribution in [0.15, 0.2) is 59.4 Å². The number of aryl methyl sites for hydroxylation is 1. The van der Waals surface area contributed by atoms with Gasteiger partial charge in [0.2, 0.25) is 11.7 Å². The molecule has 0 aliphatic carbocycles. The van der Waals surface area contributed by atoms with Crippen molar-refractivity contribution in [2.24, 2.45) is 10.9 Å². The standard InChI is InChI=1S/C22H30N8O2/c1-5-6-7-14-21(31)25-20-13-9-12-19(24-20)15-32-27-22(30-18(4)26-28-29-30)16(2)10-8-11-17(3)23/h8-13H,2,5-7,14-15,23H2,1,3-4H3,(H,24,25,31)/b10-8-,17-11-,27-22+. The summed E-state index contributed by atoms with van der Waals surface area (Å²) in [5, 5.41) is 18.4. The third-order valence-electron chi connectivity index (χ3n) is 4.21. The average molecular weight is 439 g/mol. The van der Waals surface area contributed by atoms with E-state index in [1.54, 1.807) is 50.3 Å². The molecule has 0 radical (unpaired) electrons.